The highest BCUT2D eigenvalue weighted by Crippen LogP contribution is 2.34. The summed E-state index contributed by atoms with van der Waals surface area (Å²) in [6, 6.07) is 27.6. The van der Waals surface area contributed by atoms with Crippen molar-refractivity contribution in [2.75, 3.05) is 56.4 Å². The van der Waals surface area contributed by atoms with E-state index in [1.54, 1.807) is 31.6 Å². The lowest BCUT2D eigenvalue weighted by atomic mass is 9.89. The van der Waals surface area contributed by atoms with E-state index in [-0.39, 0.29) is 60.0 Å². The number of ether oxygens (including phenoxy) is 4. The second kappa shape index (κ2) is 25.5. The number of aryl methyl sites for hydroxylation is 1. The quantitative estimate of drug-likeness (QED) is 0.0482. The van der Waals surface area contributed by atoms with Gasteiger partial charge in [0.25, 0.3) is 17.7 Å². The van der Waals surface area contributed by atoms with Crippen molar-refractivity contribution in [1.82, 2.24) is 30.4 Å². The third-order valence-corrected chi connectivity index (χ3v) is 13.2. The van der Waals surface area contributed by atoms with E-state index in [0.29, 0.717) is 76.1 Å². The number of piperidine rings is 1. The first-order valence-electron chi connectivity index (χ1n) is 25.0. The Morgan fingerprint density at radius 1 is 0.787 bits per heavy atom. The third-order valence-electron chi connectivity index (χ3n) is 13.2. The Morgan fingerprint density at radius 2 is 1.53 bits per heavy atom. The second-order valence-electron chi connectivity index (χ2n) is 18.3. The van der Waals surface area contributed by atoms with Crippen molar-refractivity contribution >= 4 is 47.1 Å². The van der Waals surface area contributed by atoms with E-state index < -0.39 is 35.6 Å². The predicted molar refractivity (Wildman–Crippen MR) is 275 cm³/mol. The minimum absolute atomic E-state index is 0.00531. The molecule has 2 fully saturated rings. The van der Waals surface area contributed by atoms with Crippen molar-refractivity contribution < 1.29 is 47.7 Å². The van der Waals surface area contributed by atoms with Crippen molar-refractivity contribution in [3.05, 3.63) is 136 Å². The Balaban J connectivity index is 0.699. The van der Waals surface area contributed by atoms with Crippen LogP contribution in [0.5, 0.6) is 11.5 Å². The smallest absolute Gasteiger partial charge is 0.322 e. The predicted octanol–water partition coefficient (Wildman–Crippen LogP) is 5.25. The number of urea groups is 1. The molecule has 1 atom stereocenters. The van der Waals surface area contributed by atoms with Gasteiger partial charge in [-0.2, -0.15) is 5.26 Å². The monoisotopic (exact) mass is 1020 g/mol. The molecule has 8 rings (SSSR count). The number of carbonyl (C=O) groups excluding carboxylic acids is 6. The molecule has 0 radical (unpaired) electrons. The van der Waals surface area contributed by atoms with Crippen LogP contribution in [-0.2, 0) is 37.4 Å². The molecule has 75 heavy (non-hydrogen) atoms. The van der Waals surface area contributed by atoms with E-state index in [1.165, 1.54) is 28.8 Å². The van der Waals surface area contributed by atoms with E-state index in [4.69, 9.17) is 24.2 Å². The van der Waals surface area contributed by atoms with Gasteiger partial charge in [0.2, 0.25) is 17.4 Å². The highest BCUT2D eigenvalue weighted by molar-refractivity contribution is 6.24. The minimum Gasteiger partial charge on any atom is -0.491 e. The summed E-state index contributed by atoms with van der Waals surface area (Å²) in [5, 5.41) is 20.7. The molecule has 1 saturated carbocycles. The number of hydrogen-bond acceptors (Lipinski definition) is 14. The lowest BCUT2D eigenvalue weighted by Gasteiger charge is -2.37. The Labute approximate surface area is 433 Å². The Morgan fingerprint density at radius 3 is 2.25 bits per heavy atom. The molecular weight excluding hydrogens is 963 g/mol. The molecule has 4 N–H and O–H groups in total. The van der Waals surface area contributed by atoms with Crippen LogP contribution in [0.2, 0.25) is 0 Å². The SMILES string of the molecule is Cn1cc(-c2ccc(N(C(=O)NCc3ccc(OCCOCCOCCCCNC(=O)COc4cccc5c4C(=O)N(C4CCC(=O)NC4=O)C5=O)cc3)[C@H]3CC[C@H](Nc4ccc(C#N)cn4)CC3)cc2)ccc1=O. The molecule has 4 heterocycles. The van der Waals surface area contributed by atoms with Gasteiger partial charge in [0.1, 0.15) is 36.0 Å². The first-order chi connectivity index (χ1) is 36.4. The molecule has 0 spiro atoms. The number of hydrogen-bond donors (Lipinski definition) is 4. The van der Waals surface area contributed by atoms with Gasteiger partial charge in [-0.1, -0.05) is 30.3 Å². The number of benzene rings is 3. The number of rotatable bonds is 23. The highest BCUT2D eigenvalue weighted by atomic mass is 16.5. The number of aromatic nitrogens is 2. The topological polar surface area (TPSA) is 253 Å². The van der Waals surface area contributed by atoms with Crippen LogP contribution < -0.4 is 41.2 Å². The van der Waals surface area contributed by atoms with Gasteiger partial charge >= 0.3 is 6.03 Å². The first-order valence-corrected chi connectivity index (χ1v) is 25.0. The van der Waals surface area contributed by atoms with Crippen molar-refractivity contribution in [1.29, 1.82) is 5.26 Å². The minimum atomic E-state index is -1.11. The Bertz CT molecular complexity index is 2950. The zero-order valence-corrected chi connectivity index (χ0v) is 41.6. The van der Waals surface area contributed by atoms with E-state index in [0.717, 1.165) is 53.0 Å². The Hall–Kier alpha value is -8.41. The van der Waals surface area contributed by atoms with Crippen LogP contribution in [0.25, 0.3) is 11.1 Å². The maximum atomic E-state index is 14.1. The molecule has 390 valence electrons. The fourth-order valence-corrected chi connectivity index (χ4v) is 9.17. The number of anilines is 2. The number of unbranched alkanes of at least 4 members (excludes halogenated alkanes) is 1. The van der Waals surface area contributed by atoms with Crippen LogP contribution in [0.4, 0.5) is 16.3 Å². The normalized spacial score (nSPS) is 17.1. The Kier molecular flexibility index (Phi) is 18.0. The molecular formula is C55H59N9O11. The van der Waals surface area contributed by atoms with Crippen LogP contribution >= 0.6 is 0 Å². The van der Waals surface area contributed by atoms with Crippen LogP contribution in [-0.4, -0.2) is 114 Å². The number of nitrogens with one attached hydrogen (secondary N) is 4. The number of nitriles is 1. The molecule has 1 aliphatic carbocycles. The van der Waals surface area contributed by atoms with Crippen LogP contribution in [0.3, 0.4) is 0 Å². The molecule has 3 aliphatic rings. The first kappa shape index (κ1) is 52.9. The maximum Gasteiger partial charge on any atom is 0.322 e. The number of pyridine rings is 2. The maximum absolute atomic E-state index is 14.1. The van der Waals surface area contributed by atoms with Gasteiger partial charge in [0.05, 0.1) is 36.5 Å². The van der Waals surface area contributed by atoms with Gasteiger partial charge in [-0.15, -0.1) is 0 Å². The summed E-state index contributed by atoms with van der Waals surface area (Å²) < 4.78 is 24.4. The van der Waals surface area contributed by atoms with Crippen LogP contribution in [0.1, 0.15) is 83.2 Å². The van der Waals surface area contributed by atoms with Crippen molar-refractivity contribution in [3.63, 3.8) is 0 Å². The molecule has 7 amide bonds. The number of imide groups is 2. The molecule has 3 aromatic carbocycles. The summed E-state index contributed by atoms with van der Waals surface area (Å²) in [5.41, 5.74) is 3.95. The molecule has 1 unspecified atom stereocenters. The summed E-state index contributed by atoms with van der Waals surface area (Å²) in [4.78, 5) is 95.9. The summed E-state index contributed by atoms with van der Waals surface area (Å²) >= 11 is 0. The number of nitrogens with zero attached hydrogens (tertiary/aromatic N) is 5. The highest BCUT2D eigenvalue weighted by Gasteiger charge is 2.46. The number of fused-ring (bicyclic) bond motifs is 1. The zero-order valence-electron chi connectivity index (χ0n) is 41.6. The van der Waals surface area contributed by atoms with Crippen molar-refractivity contribution in [2.45, 2.75) is 76.0 Å². The van der Waals surface area contributed by atoms with Gasteiger partial charge in [-0.3, -0.25) is 43.9 Å². The van der Waals surface area contributed by atoms with Gasteiger partial charge in [-0.25, -0.2) is 9.78 Å². The molecule has 1 saturated heterocycles. The molecule has 0 bridgehead atoms. The molecule has 2 aromatic heterocycles. The molecule has 20 heteroatoms. The van der Waals surface area contributed by atoms with Crippen LogP contribution in [0.15, 0.2) is 108 Å². The number of carbonyl (C=O) groups is 6. The van der Waals surface area contributed by atoms with E-state index in [2.05, 4.69) is 32.3 Å². The van der Waals surface area contributed by atoms with Crippen molar-refractivity contribution in [2.24, 2.45) is 7.05 Å². The lowest BCUT2D eigenvalue weighted by molar-refractivity contribution is -0.136. The second-order valence-corrected chi connectivity index (χ2v) is 18.3. The van der Waals surface area contributed by atoms with Gasteiger partial charge in [0.15, 0.2) is 6.61 Å². The standard InChI is InChI=1S/C55H59N9O11/c1-62-34-39(12-24-50(62)67)38-10-15-41(16-11-38)63(42-17-13-40(14-18-42)60-47-22-9-37(31-56)33-58-47)55(71)59-32-36-7-19-43(20-8-36)74-30-29-73-28-27-72-26-3-2-25-57-49(66)35-75-46-6-4-5-44-51(46)54(70)64(53(44)69)45-21-23-48(65)61-52(45)68/h4-12,15-16,19-20,22,24,33-34,40,42,45H,2-3,13-14,17-18,21,23,25-30,32,35H2,1H3,(H,57,66)(H,58,60)(H,59,71)(H,61,65,68)/t40-,42-,45?. The average Bonchev–Trinajstić information content (AvgIpc) is 3.68. The van der Waals surface area contributed by atoms with E-state index in [1.807, 2.05) is 59.5 Å². The average molecular weight is 1020 g/mol. The fourth-order valence-electron chi connectivity index (χ4n) is 9.17. The molecule has 2 aliphatic heterocycles. The van der Waals surface area contributed by atoms with Crippen molar-refractivity contribution in [3.8, 4) is 28.7 Å². The van der Waals surface area contributed by atoms with Gasteiger partial charge in [-0.05, 0) is 116 Å². The summed E-state index contributed by atoms with van der Waals surface area (Å²) in [5.74, 6) is -1.53. The van der Waals surface area contributed by atoms with Gasteiger partial charge in [0, 0.05) is 69.4 Å². The van der Waals surface area contributed by atoms with Gasteiger partial charge < -0.3 is 39.5 Å². The van der Waals surface area contributed by atoms with E-state index >= 15 is 0 Å². The number of amides is 7. The van der Waals surface area contributed by atoms with Crippen LogP contribution in [0, 0.1) is 11.3 Å². The summed E-state index contributed by atoms with van der Waals surface area (Å²) in [7, 11) is 1.72. The molecule has 20 nitrogen and oxygen atoms in total. The largest absolute Gasteiger partial charge is 0.491 e. The lowest BCUT2D eigenvalue weighted by Crippen LogP contribution is -2.54. The third kappa shape index (κ3) is 13.8. The van der Waals surface area contributed by atoms with E-state index in [9.17, 15) is 33.6 Å². The fraction of sp³-hybridized carbons (Fsp3) is 0.364. The zero-order chi connectivity index (χ0) is 52.7. The summed E-state index contributed by atoms with van der Waals surface area (Å²) in [6.07, 6.45) is 7.92. The molecule has 5 aromatic rings. The summed E-state index contributed by atoms with van der Waals surface area (Å²) in [6.45, 7) is 2.22.